The number of hydrogen-bond acceptors (Lipinski definition) is 3. The Labute approximate surface area is 119 Å². The van der Waals surface area contributed by atoms with Crippen LogP contribution in [0, 0.1) is 0 Å². The van der Waals surface area contributed by atoms with Gasteiger partial charge in [0.25, 0.3) is 0 Å². The molecule has 1 fully saturated rings. The van der Waals surface area contributed by atoms with Gasteiger partial charge in [-0.25, -0.2) is 0 Å². The van der Waals surface area contributed by atoms with Gasteiger partial charge in [0.15, 0.2) is 5.78 Å². The Bertz CT molecular complexity index is 539. The molecule has 0 atom stereocenters. The maximum atomic E-state index is 12.8. The number of carbonyl (C=O) groups is 1. The lowest BCUT2D eigenvalue weighted by atomic mass is 9.75. The number of para-hydroxylation sites is 1. The molecule has 1 heterocycles. The van der Waals surface area contributed by atoms with Crippen molar-refractivity contribution in [3.05, 3.63) is 41.7 Å². The quantitative estimate of drug-likeness (QED) is 0.605. The molecule has 1 aliphatic carbocycles. The smallest absolute Gasteiger partial charge is 0.199 e. The highest BCUT2D eigenvalue weighted by Crippen LogP contribution is 2.44. The molecule has 0 radical (unpaired) electrons. The molecule has 0 unspecified atom stereocenters. The number of hydrogen-bond donors (Lipinski definition) is 0. The molecule has 0 aromatic heterocycles. The van der Waals surface area contributed by atoms with Crippen LogP contribution in [0.1, 0.15) is 49.4 Å². The van der Waals surface area contributed by atoms with Crippen LogP contribution in [0.4, 0.5) is 0 Å². The first-order valence-electron chi connectivity index (χ1n) is 7.42. The van der Waals surface area contributed by atoms with Gasteiger partial charge in [-0.05, 0) is 44.7 Å². The summed E-state index contributed by atoms with van der Waals surface area (Å²) in [4.78, 5) is 12.8. The van der Waals surface area contributed by atoms with Crippen LogP contribution in [0.5, 0.6) is 5.75 Å². The van der Waals surface area contributed by atoms with Crippen LogP contribution in [0.15, 0.2) is 36.1 Å². The lowest BCUT2D eigenvalue weighted by Crippen LogP contribution is -2.46. The zero-order chi connectivity index (χ0) is 14.0. The Kier molecular flexibility index (Phi) is 3.51. The molecule has 1 aromatic rings. The standard InChI is InChI=1S/C17H20O3/c1-2-19-12-14-16(18)13-8-4-5-9-15(13)20-17(14)10-6-3-7-11-17/h4-5,8-9,12H,2-3,6-7,10-11H2,1H3/b14-12+. The Balaban J connectivity index is 2.06. The molecular weight excluding hydrogens is 252 g/mol. The van der Waals surface area contributed by atoms with E-state index in [9.17, 15) is 4.79 Å². The molecule has 1 aromatic carbocycles. The molecule has 0 N–H and O–H groups in total. The molecule has 1 spiro atoms. The average molecular weight is 272 g/mol. The van der Waals surface area contributed by atoms with Crippen LogP contribution in [0.25, 0.3) is 0 Å². The predicted octanol–water partition coefficient (Wildman–Crippen LogP) is 3.89. The number of Topliss-reactive ketones (excluding diaryl/α,β-unsaturated/α-hetero) is 1. The van der Waals surface area contributed by atoms with Crippen molar-refractivity contribution in [3.63, 3.8) is 0 Å². The first-order valence-corrected chi connectivity index (χ1v) is 7.42. The predicted molar refractivity (Wildman–Crippen MR) is 76.9 cm³/mol. The van der Waals surface area contributed by atoms with E-state index in [1.807, 2.05) is 31.2 Å². The second-order valence-corrected chi connectivity index (χ2v) is 5.47. The average Bonchev–Trinajstić information content (AvgIpc) is 2.48. The first-order chi connectivity index (χ1) is 9.77. The largest absolute Gasteiger partial charge is 0.501 e. The van der Waals surface area contributed by atoms with Gasteiger partial charge in [-0.3, -0.25) is 4.79 Å². The zero-order valence-electron chi connectivity index (χ0n) is 11.9. The van der Waals surface area contributed by atoms with Crippen molar-refractivity contribution in [2.45, 2.75) is 44.6 Å². The molecule has 0 bridgehead atoms. The van der Waals surface area contributed by atoms with Gasteiger partial charge in [-0.15, -0.1) is 0 Å². The topological polar surface area (TPSA) is 35.5 Å². The Morgan fingerprint density at radius 3 is 2.75 bits per heavy atom. The van der Waals surface area contributed by atoms with Crippen LogP contribution in [0.2, 0.25) is 0 Å². The number of ketones is 1. The lowest BCUT2D eigenvalue weighted by Gasteiger charge is -2.42. The summed E-state index contributed by atoms with van der Waals surface area (Å²) in [6.45, 7) is 2.49. The minimum absolute atomic E-state index is 0.0576. The summed E-state index contributed by atoms with van der Waals surface area (Å²) >= 11 is 0. The van der Waals surface area contributed by atoms with Gasteiger partial charge in [-0.1, -0.05) is 18.6 Å². The van der Waals surface area contributed by atoms with Crippen molar-refractivity contribution in [2.75, 3.05) is 6.61 Å². The number of rotatable bonds is 2. The summed E-state index contributed by atoms with van der Waals surface area (Å²) in [6, 6.07) is 7.51. The maximum Gasteiger partial charge on any atom is 0.199 e. The Hall–Kier alpha value is -1.77. The zero-order valence-corrected chi connectivity index (χ0v) is 11.9. The minimum Gasteiger partial charge on any atom is -0.501 e. The fraction of sp³-hybridized carbons (Fsp3) is 0.471. The number of fused-ring (bicyclic) bond motifs is 1. The van der Waals surface area contributed by atoms with Gasteiger partial charge in [0.05, 0.1) is 24.0 Å². The molecular formula is C17H20O3. The molecule has 0 saturated heterocycles. The van der Waals surface area contributed by atoms with E-state index in [0.29, 0.717) is 23.5 Å². The molecule has 106 valence electrons. The molecule has 3 heteroatoms. The Morgan fingerprint density at radius 2 is 2.00 bits per heavy atom. The highest BCUT2D eigenvalue weighted by atomic mass is 16.5. The summed E-state index contributed by atoms with van der Waals surface area (Å²) in [6.07, 6.45) is 6.82. The number of benzene rings is 1. The van der Waals surface area contributed by atoms with Crippen molar-refractivity contribution >= 4 is 5.78 Å². The van der Waals surface area contributed by atoms with Crippen molar-refractivity contribution in [1.29, 1.82) is 0 Å². The van der Waals surface area contributed by atoms with Crippen molar-refractivity contribution in [3.8, 4) is 5.75 Å². The highest BCUT2D eigenvalue weighted by molar-refractivity contribution is 6.12. The highest BCUT2D eigenvalue weighted by Gasteiger charge is 2.46. The van der Waals surface area contributed by atoms with Crippen LogP contribution in [0.3, 0.4) is 0 Å². The lowest BCUT2D eigenvalue weighted by molar-refractivity contribution is 0.0454. The summed E-state index contributed by atoms with van der Waals surface area (Å²) < 4.78 is 11.7. The summed E-state index contributed by atoms with van der Waals surface area (Å²) in [7, 11) is 0. The third-order valence-corrected chi connectivity index (χ3v) is 4.20. The van der Waals surface area contributed by atoms with Crippen LogP contribution in [-0.2, 0) is 4.74 Å². The van der Waals surface area contributed by atoms with Gasteiger partial charge in [-0.2, -0.15) is 0 Å². The summed E-state index contributed by atoms with van der Waals surface area (Å²) in [5.41, 5.74) is 0.867. The fourth-order valence-electron chi connectivity index (χ4n) is 3.18. The second-order valence-electron chi connectivity index (χ2n) is 5.47. The van der Waals surface area contributed by atoms with Crippen molar-refractivity contribution in [1.82, 2.24) is 0 Å². The van der Waals surface area contributed by atoms with E-state index in [1.165, 1.54) is 6.42 Å². The number of ether oxygens (including phenoxy) is 2. The van der Waals surface area contributed by atoms with E-state index in [0.717, 1.165) is 25.7 Å². The van der Waals surface area contributed by atoms with Crippen LogP contribution in [-0.4, -0.2) is 18.0 Å². The molecule has 3 nitrogen and oxygen atoms in total. The van der Waals surface area contributed by atoms with E-state index in [2.05, 4.69) is 0 Å². The van der Waals surface area contributed by atoms with E-state index in [1.54, 1.807) is 6.26 Å². The summed E-state index contributed by atoms with van der Waals surface area (Å²) in [5, 5.41) is 0. The fourth-order valence-corrected chi connectivity index (χ4v) is 3.18. The molecule has 1 aliphatic heterocycles. The molecule has 20 heavy (non-hydrogen) atoms. The molecule has 3 rings (SSSR count). The van der Waals surface area contributed by atoms with Crippen LogP contribution >= 0.6 is 0 Å². The van der Waals surface area contributed by atoms with E-state index in [-0.39, 0.29) is 5.78 Å². The monoisotopic (exact) mass is 272 g/mol. The minimum atomic E-state index is -0.473. The van der Waals surface area contributed by atoms with Crippen molar-refractivity contribution in [2.24, 2.45) is 0 Å². The van der Waals surface area contributed by atoms with E-state index in [4.69, 9.17) is 9.47 Å². The SMILES string of the molecule is CCO/C=C1\C(=O)c2ccccc2OC12CCCCC2. The third kappa shape index (κ3) is 2.11. The normalized spacial score (nSPS) is 22.4. The van der Waals surface area contributed by atoms with Crippen molar-refractivity contribution < 1.29 is 14.3 Å². The van der Waals surface area contributed by atoms with E-state index < -0.39 is 5.60 Å². The van der Waals surface area contributed by atoms with E-state index >= 15 is 0 Å². The van der Waals surface area contributed by atoms with Gasteiger partial charge >= 0.3 is 0 Å². The van der Waals surface area contributed by atoms with Crippen LogP contribution < -0.4 is 4.74 Å². The van der Waals surface area contributed by atoms with Gasteiger partial charge in [0, 0.05) is 0 Å². The van der Waals surface area contributed by atoms with Gasteiger partial charge < -0.3 is 9.47 Å². The summed E-state index contributed by atoms with van der Waals surface area (Å²) in [5.74, 6) is 0.773. The molecule has 2 aliphatic rings. The molecule has 1 saturated carbocycles. The Morgan fingerprint density at radius 1 is 1.25 bits per heavy atom. The maximum absolute atomic E-state index is 12.8. The molecule has 0 amide bonds. The third-order valence-electron chi connectivity index (χ3n) is 4.20. The van der Waals surface area contributed by atoms with Gasteiger partial charge in [0.1, 0.15) is 11.4 Å². The second kappa shape index (κ2) is 5.31. The van der Waals surface area contributed by atoms with Gasteiger partial charge in [0.2, 0.25) is 0 Å². The number of carbonyl (C=O) groups excluding carboxylic acids is 1. The first kappa shape index (κ1) is 13.2.